The van der Waals surface area contributed by atoms with E-state index in [0.717, 1.165) is 19.4 Å². The van der Waals surface area contributed by atoms with E-state index in [0.29, 0.717) is 29.4 Å². The van der Waals surface area contributed by atoms with Crippen LogP contribution in [0.5, 0.6) is 0 Å². The molecule has 0 aromatic heterocycles. The zero-order valence-corrected chi connectivity index (χ0v) is 12.8. The third kappa shape index (κ3) is 7.04. The molecule has 0 radical (unpaired) electrons. The van der Waals surface area contributed by atoms with Crippen LogP contribution < -0.4 is 5.32 Å². The second-order valence-electron chi connectivity index (χ2n) is 5.19. The molecule has 3 nitrogen and oxygen atoms in total. The Morgan fingerprint density at radius 3 is 2.06 bits per heavy atom. The molecule has 0 amide bonds. The van der Waals surface area contributed by atoms with Crippen molar-refractivity contribution in [1.29, 1.82) is 0 Å². The fraction of sp³-hybridized carbons (Fsp3) is 1.00. The third-order valence-electron chi connectivity index (χ3n) is 3.30. The van der Waals surface area contributed by atoms with E-state index < -0.39 is 9.84 Å². The van der Waals surface area contributed by atoms with Crippen LogP contribution in [-0.4, -0.2) is 32.5 Å². The van der Waals surface area contributed by atoms with E-state index in [1.54, 1.807) is 0 Å². The number of nitrogens with one attached hydrogen (secondary N) is 1. The zero-order chi connectivity index (χ0) is 13.5. The van der Waals surface area contributed by atoms with E-state index in [1.807, 2.05) is 6.92 Å². The van der Waals surface area contributed by atoms with Crippen molar-refractivity contribution in [3.8, 4) is 0 Å². The van der Waals surface area contributed by atoms with Crippen LogP contribution in [0.25, 0.3) is 0 Å². The molecule has 0 aliphatic rings. The average Bonchev–Trinajstić information content (AvgIpc) is 2.17. The summed E-state index contributed by atoms with van der Waals surface area (Å²) in [7, 11) is -2.84. The van der Waals surface area contributed by atoms with Crippen molar-refractivity contribution < 1.29 is 8.42 Å². The number of sulfone groups is 1. The first-order chi connectivity index (χ1) is 7.84. The van der Waals surface area contributed by atoms with Gasteiger partial charge in [-0.2, -0.15) is 0 Å². The maximum Gasteiger partial charge on any atom is 0.150 e. The minimum atomic E-state index is -2.84. The molecule has 17 heavy (non-hydrogen) atoms. The van der Waals surface area contributed by atoms with E-state index in [1.165, 1.54) is 0 Å². The molecule has 0 heterocycles. The average molecular weight is 263 g/mol. The van der Waals surface area contributed by atoms with Gasteiger partial charge in [0.2, 0.25) is 0 Å². The van der Waals surface area contributed by atoms with Gasteiger partial charge < -0.3 is 5.32 Å². The normalized spacial score (nSPS) is 16.1. The lowest BCUT2D eigenvalue weighted by Crippen LogP contribution is -2.37. The van der Waals surface area contributed by atoms with Crippen LogP contribution in [0.15, 0.2) is 0 Å². The smallest absolute Gasteiger partial charge is 0.150 e. The van der Waals surface area contributed by atoms with Crippen LogP contribution in [0, 0.1) is 11.8 Å². The van der Waals surface area contributed by atoms with Crippen molar-refractivity contribution in [2.75, 3.05) is 18.1 Å². The summed E-state index contributed by atoms with van der Waals surface area (Å²) in [6, 6.07) is 0.386. The van der Waals surface area contributed by atoms with Crippen molar-refractivity contribution in [2.24, 2.45) is 11.8 Å². The molecule has 0 saturated heterocycles. The summed E-state index contributed by atoms with van der Waals surface area (Å²) in [6.07, 6.45) is 1.49. The van der Waals surface area contributed by atoms with Gasteiger partial charge in [-0.3, -0.25) is 0 Å². The predicted molar refractivity (Wildman–Crippen MR) is 75.0 cm³/mol. The molecule has 0 saturated carbocycles. The van der Waals surface area contributed by atoms with E-state index in [9.17, 15) is 8.42 Å². The number of rotatable bonds is 9. The molecule has 2 atom stereocenters. The molecule has 0 aliphatic carbocycles. The van der Waals surface area contributed by atoms with Gasteiger partial charge in [0.05, 0.1) is 5.75 Å². The maximum absolute atomic E-state index is 11.7. The van der Waals surface area contributed by atoms with Gasteiger partial charge in [0.25, 0.3) is 0 Å². The molecule has 4 heteroatoms. The lowest BCUT2D eigenvalue weighted by Gasteiger charge is -2.28. The molecule has 104 valence electrons. The topological polar surface area (TPSA) is 46.2 Å². The molecule has 0 rings (SSSR count). The second kappa shape index (κ2) is 8.09. The first-order valence-corrected chi connectivity index (χ1v) is 8.60. The van der Waals surface area contributed by atoms with Crippen LogP contribution in [-0.2, 0) is 9.84 Å². The summed E-state index contributed by atoms with van der Waals surface area (Å²) in [5, 5.41) is 3.40. The quantitative estimate of drug-likeness (QED) is 0.695. The Kier molecular flexibility index (Phi) is 8.05. The summed E-state index contributed by atoms with van der Waals surface area (Å²) in [5.41, 5.74) is 0. The predicted octanol–water partition coefficient (Wildman–Crippen LogP) is 2.47. The Hall–Kier alpha value is -0.0900. The van der Waals surface area contributed by atoms with Crippen molar-refractivity contribution in [2.45, 2.75) is 53.5 Å². The minimum Gasteiger partial charge on any atom is -0.314 e. The largest absolute Gasteiger partial charge is 0.314 e. The summed E-state index contributed by atoms with van der Waals surface area (Å²) in [5.74, 6) is 1.61. The van der Waals surface area contributed by atoms with Gasteiger partial charge in [-0.1, -0.05) is 27.7 Å². The highest BCUT2D eigenvalue weighted by Gasteiger charge is 2.22. The van der Waals surface area contributed by atoms with Gasteiger partial charge in [0.15, 0.2) is 0 Å². The molecule has 2 unspecified atom stereocenters. The Balaban J connectivity index is 4.37. The van der Waals surface area contributed by atoms with E-state index >= 15 is 0 Å². The lowest BCUT2D eigenvalue weighted by atomic mass is 9.87. The highest BCUT2D eigenvalue weighted by atomic mass is 32.2. The van der Waals surface area contributed by atoms with Crippen molar-refractivity contribution >= 4 is 9.84 Å². The highest BCUT2D eigenvalue weighted by Crippen LogP contribution is 2.20. The minimum absolute atomic E-state index is 0.327. The molecule has 0 bridgehead atoms. The summed E-state index contributed by atoms with van der Waals surface area (Å²) < 4.78 is 23.4. The Bertz CT molecular complexity index is 286. The molecule has 0 fully saturated rings. The van der Waals surface area contributed by atoms with Gasteiger partial charge in [0.1, 0.15) is 9.84 Å². The maximum atomic E-state index is 11.7. The Morgan fingerprint density at radius 2 is 1.65 bits per heavy atom. The number of hydrogen-bond acceptors (Lipinski definition) is 3. The van der Waals surface area contributed by atoms with Crippen LogP contribution in [0.2, 0.25) is 0 Å². The van der Waals surface area contributed by atoms with Crippen LogP contribution >= 0.6 is 0 Å². The molecule has 0 aromatic rings. The lowest BCUT2D eigenvalue weighted by molar-refractivity contribution is 0.286. The first kappa shape index (κ1) is 16.9. The van der Waals surface area contributed by atoms with E-state index in [2.05, 4.69) is 33.0 Å². The molecule has 1 N–H and O–H groups in total. The molecular weight excluding hydrogens is 234 g/mol. The van der Waals surface area contributed by atoms with E-state index in [4.69, 9.17) is 0 Å². The van der Waals surface area contributed by atoms with Gasteiger partial charge in [-0.25, -0.2) is 8.42 Å². The first-order valence-electron chi connectivity index (χ1n) is 6.77. The fourth-order valence-corrected chi connectivity index (χ4v) is 3.82. The van der Waals surface area contributed by atoms with Gasteiger partial charge in [-0.05, 0) is 38.1 Å². The third-order valence-corrected chi connectivity index (χ3v) is 5.19. The van der Waals surface area contributed by atoms with Gasteiger partial charge in [-0.15, -0.1) is 0 Å². The summed E-state index contributed by atoms with van der Waals surface area (Å²) in [6.45, 7) is 11.4. The number of hydrogen-bond donors (Lipinski definition) is 1. The van der Waals surface area contributed by atoms with Crippen LogP contribution in [0.3, 0.4) is 0 Å². The standard InChI is InChI=1S/C13H29NO2S/c1-6-9-17(15,16)10-8-13(11(3)4)12(5)14-7-2/h11-14H,6-10H2,1-5H3. The highest BCUT2D eigenvalue weighted by molar-refractivity contribution is 7.91. The van der Waals surface area contributed by atoms with Crippen LogP contribution in [0.4, 0.5) is 0 Å². The van der Waals surface area contributed by atoms with E-state index in [-0.39, 0.29) is 0 Å². The van der Waals surface area contributed by atoms with Gasteiger partial charge in [0, 0.05) is 11.8 Å². The SMILES string of the molecule is CCCS(=O)(=O)CCC(C(C)C)C(C)NCC. The van der Waals surface area contributed by atoms with Gasteiger partial charge >= 0.3 is 0 Å². The van der Waals surface area contributed by atoms with Crippen molar-refractivity contribution in [3.05, 3.63) is 0 Å². The molecule has 0 spiro atoms. The fourth-order valence-electron chi connectivity index (χ4n) is 2.36. The molecule has 0 aromatic carbocycles. The summed E-state index contributed by atoms with van der Waals surface area (Å²) >= 11 is 0. The Labute approximate surface area is 107 Å². The van der Waals surface area contributed by atoms with Crippen LogP contribution in [0.1, 0.15) is 47.5 Å². The Morgan fingerprint density at radius 1 is 1.06 bits per heavy atom. The zero-order valence-electron chi connectivity index (χ0n) is 12.0. The van der Waals surface area contributed by atoms with Crippen molar-refractivity contribution in [1.82, 2.24) is 5.32 Å². The molecular formula is C13H29NO2S. The monoisotopic (exact) mass is 263 g/mol. The summed E-state index contributed by atoms with van der Waals surface area (Å²) in [4.78, 5) is 0. The molecule has 0 aliphatic heterocycles. The second-order valence-corrected chi connectivity index (χ2v) is 7.50. The van der Waals surface area contributed by atoms with Crippen molar-refractivity contribution in [3.63, 3.8) is 0 Å².